The lowest BCUT2D eigenvalue weighted by molar-refractivity contribution is -0.132. The Bertz CT molecular complexity index is 1560. The highest BCUT2D eigenvalue weighted by Gasteiger charge is 2.48. The number of benzene rings is 3. The van der Waals surface area contributed by atoms with Crippen LogP contribution in [0.4, 0.5) is 9.52 Å². The fourth-order valence-electron chi connectivity index (χ4n) is 4.15. The average Bonchev–Trinajstić information content (AvgIpc) is 3.52. The fraction of sp³-hybridized carbons (Fsp3) is 0.143. The maximum Gasteiger partial charge on any atom is 0.301 e. The van der Waals surface area contributed by atoms with Crippen LogP contribution in [0.15, 0.2) is 82.7 Å². The smallest absolute Gasteiger partial charge is 0.301 e. The average molecular weight is 564 g/mol. The summed E-state index contributed by atoms with van der Waals surface area (Å²) in [6, 6.07) is 18.0. The van der Waals surface area contributed by atoms with E-state index in [9.17, 15) is 24.2 Å². The summed E-state index contributed by atoms with van der Waals surface area (Å²) in [5.41, 5.74) is 1.57. The minimum atomic E-state index is -1.05. The Labute approximate surface area is 231 Å². The maximum absolute atomic E-state index is 13.4. The minimum Gasteiger partial charge on any atom is -0.507 e. The van der Waals surface area contributed by atoms with Gasteiger partial charge in [-0.15, -0.1) is 10.2 Å². The molecule has 0 spiro atoms. The quantitative estimate of drug-likeness (QED) is 0.0923. The highest BCUT2D eigenvalue weighted by molar-refractivity contribution is 8.00. The number of phenols is 1. The van der Waals surface area contributed by atoms with Crippen LogP contribution in [0.3, 0.4) is 0 Å². The summed E-state index contributed by atoms with van der Waals surface area (Å²) in [6.45, 7) is 2.05. The molecule has 1 aliphatic rings. The SMILES string of the molecule is CCOc1cc(C2/C(=C(/O)c3ccccc3)C(=O)C(=O)N2c2nnc(SCc3ccc(F)cc3)s2)ccc1O. The van der Waals surface area contributed by atoms with Gasteiger partial charge in [0.1, 0.15) is 11.6 Å². The summed E-state index contributed by atoms with van der Waals surface area (Å²) in [5, 5.41) is 30.0. The number of halogens is 1. The molecule has 1 aromatic heterocycles. The number of aromatic nitrogens is 2. The van der Waals surface area contributed by atoms with Gasteiger partial charge in [-0.2, -0.15) is 0 Å². The first kappa shape index (κ1) is 26.4. The molecule has 8 nitrogen and oxygen atoms in total. The van der Waals surface area contributed by atoms with Crippen molar-refractivity contribution < 1.29 is 28.9 Å². The van der Waals surface area contributed by atoms with Gasteiger partial charge in [-0.05, 0) is 42.3 Å². The van der Waals surface area contributed by atoms with Crippen LogP contribution in [0, 0.1) is 5.82 Å². The van der Waals surface area contributed by atoms with Gasteiger partial charge in [0, 0.05) is 11.3 Å². The van der Waals surface area contributed by atoms with Gasteiger partial charge in [-0.1, -0.05) is 71.6 Å². The number of rotatable bonds is 8. The molecule has 1 fully saturated rings. The third kappa shape index (κ3) is 5.36. The van der Waals surface area contributed by atoms with E-state index in [0.29, 0.717) is 21.2 Å². The summed E-state index contributed by atoms with van der Waals surface area (Å²) in [5.74, 6) is -1.82. The Morgan fingerprint density at radius 1 is 1.08 bits per heavy atom. The number of ketones is 1. The Balaban J connectivity index is 1.56. The second kappa shape index (κ2) is 11.3. The Kier molecular flexibility index (Phi) is 7.62. The van der Waals surface area contributed by atoms with E-state index in [4.69, 9.17) is 4.74 Å². The fourth-order valence-corrected chi connectivity index (χ4v) is 5.98. The number of amides is 1. The van der Waals surface area contributed by atoms with Crippen molar-refractivity contribution in [3.05, 3.63) is 101 Å². The van der Waals surface area contributed by atoms with E-state index < -0.39 is 17.7 Å². The molecule has 2 N–H and O–H groups in total. The number of phenolic OH excluding ortho intramolecular Hbond substituents is 1. The van der Waals surface area contributed by atoms with Gasteiger partial charge in [0.15, 0.2) is 15.8 Å². The lowest BCUT2D eigenvalue weighted by atomic mass is 9.95. The van der Waals surface area contributed by atoms with E-state index in [2.05, 4.69) is 10.2 Å². The molecule has 0 aliphatic carbocycles. The number of aliphatic hydroxyl groups excluding tert-OH is 1. The van der Waals surface area contributed by atoms with Crippen molar-refractivity contribution in [3.8, 4) is 11.5 Å². The molecule has 5 rings (SSSR count). The van der Waals surface area contributed by atoms with Gasteiger partial charge < -0.3 is 14.9 Å². The number of hydrogen-bond acceptors (Lipinski definition) is 9. The van der Waals surface area contributed by atoms with Crippen molar-refractivity contribution in [2.75, 3.05) is 11.5 Å². The molecule has 198 valence electrons. The zero-order valence-electron chi connectivity index (χ0n) is 20.6. The van der Waals surface area contributed by atoms with Gasteiger partial charge in [-0.3, -0.25) is 14.5 Å². The first-order valence-electron chi connectivity index (χ1n) is 11.9. The van der Waals surface area contributed by atoms with Crippen LogP contribution in [-0.4, -0.2) is 38.7 Å². The van der Waals surface area contributed by atoms with Crippen LogP contribution in [0.1, 0.15) is 29.7 Å². The number of ether oxygens (including phenoxy) is 1. The molecule has 0 saturated carbocycles. The van der Waals surface area contributed by atoms with Crippen LogP contribution >= 0.6 is 23.1 Å². The number of carbonyl (C=O) groups excluding carboxylic acids is 2. The molecule has 1 amide bonds. The summed E-state index contributed by atoms with van der Waals surface area (Å²) >= 11 is 2.48. The molecule has 1 atom stereocenters. The Morgan fingerprint density at radius 2 is 1.82 bits per heavy atom. The van der Waals surface area contributed by atoms with Crippen molar-refractivity contribution in [2.45, 2.75) is 23.1 Å². The molecule has 3 aromatic carbocycles. The van der Waals surface area contributed by atoms with E-state index in [1.54, 1.807) is 55.5 Å². The van der Waals surface area contributed by atoms with Gasteiger partial charge in [0.05, 0.1) is 18.2 Å². The van der Waals surface area contributed by atoms with Crippen molar-refractivity contribution in [3.63, 3.8) is 0 Å². The Morgan fingerprint density at radius 3 is 2.54 bits per heavy atom. The van der Waals surface area contributed by atoms with Crippen LogP contribution in [0.2, 0.25) is 0 Å². The lowest BCUT2D eigenvalue weighted by Crippen LogP contribution is -2.29. The zero-order valence-corrected chi connectivity index (χ0v) is 22.2. The number of anilines is 1. The van der Waals surface area contributed by atoms with Crippen LogP contribution in [-0.2, 0) is 15.3 Å². The first-order valence-corrected chi connectivity index (χ1v) is 13.7. The number of Topliss-reactive ketones (excluding diaryl/α,β-unsaturated/α-hetero) is 1. The zero-order chi connectivity index (χ0) is 27.5. The molecule has 2 heterocycles. The second-order valence-corrected chi connectivity index (χ2v) is 10.6. The van der Waals surface area contributed by atoms with E-state index >= 15 is 0 Å². The third-order valence-corrected chi connectivity index (χ3v) is 8.10. The minimum absolute atomic E-state index is 0.101. The molecular formula is C28H22FN3O5S2. The highest BCUT2D eigenvalue weighted by Crippen LogP contribution is 2.45. The van der Waals surface area contributed by atoms with Gasteiger partial charge in [0.2, 0.25) is 5.13 Å². The normalized spacial score (nSPS) is 16.6. The number of thioether (sulfide) groups is 1. The standard InChI is InChI=1S/C28H22FN3O5S2/c1-2-37-21-14-18(10-13-20(21)33)23-22(24(34)17-6-4-3-5-7-17)25(35)26(36)32(23)27-30-31-28(39-27)38-15-16-8-11-19(29)12-9-16/h3-14,23,33-34H,2,15H2,1H3/b24-22-. The largest absolute Gasteiger partial charge is 0.507 e. The summed E-state index contributed by atoms with van der Waals surface area (Å²) in [6.07, 6.45) is 0. The van der Waals surface area contributed by atoms with E-state index in [-0.39, 0.29) is 40.4 Å². The number of hydrogen-bond donors (Lipinski definition) is 2. The van der Waals surface area contributed by atoms with Crippen molar-refractivity contribution in [1.82, 2.24) is 10.2 Å². The number of nitrogens with zero attached hydrogens (tertiary/aromatic N) is 3. The molecule has 4 aromatic rings. The van der Waals surface area contributed by atoms with Crippen LogP contribution in [0.5, 0.6) is 11.5 Å². The maximum atomic E-state index is 13.4. The molecular weight excluding hydrogens is 541 g/mol. The topological polar surface area (TPSA) is 113 Å². The van der Waals surface area contributed by atoms with Crippen molar-refractivity contribution in [2.24, 2.45) is 0 Å². The number of aliphatic hydroxyl groups is 1. The molecule has 39 heavy (non-hydrogen) atoms. The van der Waals surface area contributed by atoms with Gasteiger partial charge in [-0.25, -0.2) is 4.39 Å². The van der Waals surface area contributed by atoms with Crippen molar-refractivity contribution >= 4 is 45.7 Å². The van der Waals surface area contributed by atoms with Gasteiger partial charge in [0.25, 0.3) is 5.78 Å². The monoisotopic (exact) mass is 563 g/mol. The highest BCUT2D eigenvalue weighted by atomic mass is 32.2. The second-order valence-electron chi connectivity index (χ2n) is 8.46. The summed E-state index contributed by atoms with van der Waals surface area (Å²) in [4.78, 5) is 27.9. The predicted octanol–water partition coefficient (Wildman–Crippen LogP) is 5.70. The lowest BCUT2D eigenvalue weighted by Gasteiger charge is -2.23. The molecule has 0 bridgehead atoms. The first-order chi connectivity index (χ1) is 18.9. The molecule has 0 radical (unpaired) electrons. The van der Waals surface area contributed by atoms with Crippen LogP contribution in [0.25, 0.3) is 5.76 Å². The Hall–Kier alpha value is -4.22. The molecule has 1 saturated heterocycles. The molecule has 11 heteroatoms. The number of aromatic hydroxyl groups is 1. The summed E-state index contributed by atoms with van der Waals surface area (Å²) < 4.78 is 19.3. The third-order valence-electron chi connectivity index (χ3n) is 5.97. The molecule has 1 unspecified atom stereocenters. The van der Waals surface area contributed by atoms with Crippen LogP contribution < -0.4 is 9.64 Å². The predicted molar refractivity (Wildman–Crippen MR) is 146 cm³/mol. The van der Waals surface area contributed by atoms with E-state index in [0.717, 1.165) is 16.9 Å². The van der Waals surface area contributed by atoms with Gasteiger partial charge >= 0.3 is 5.91 Å². The van der Waals surface area contributed by atoms with E-state index in [1.807, 2.05) is 0 Å². The number of carbonyl (C=O) groups is 2. The van der Waals surface area contributed by atoms with E-state index in [1.165, 1.54) is 40.9 Å². The molecule has 1 aliphatic heterocycles. The van der Waals surface area contributed by atoms with Crippen molar-refractivity contribution in [1.29, 1.82) is 0 Å². The summed E-state index contributed by atoms with van der Waals surface area (Å²) in [7, 11) is 0.